The van der Waals surface area contributed by atoms with Gasteiger partial charge >= 0.3 is 0 Å². The lowest BCUT2D eigenvalue weighted by Gasteiger charge is -2.01. The lowest BCUT2D eigenvalue weighted by molar-refractivity contribution is 0.596. The van der Waals surface area contributed by atoms with Crippen molar-refractivity contribution < 1.29 is 0 Å². The summed E-state index contributed by atoms with van der Waals surface area (Å²) in [6, 6.07) is 1.55. The maximum atomic E-state index is 3.42. The third-order valence-corrected chi connectivity index (χ3v) is 1.60. The summed E-state index contributed by atoms with van der Waals surface area (Å²) in [5, 5.41) is 3.42. The van der Waals surface area contributed by atoms with E-state index >= 15 is 0 Å². The molecule has 0 radical (unpaired) electrons. The summed E-state index contributed by atoms with van der Waals surface area (Å²) in [7, 11) is 0. The van der Waals surface area contributed by atoms with Crippen molar-refractivity contribution in [1.29, 1.82) is 0 Å². The molecule has 7 heavy (non-hydrogen) atoms. The van der Waals surface area contributed by atoms with E-state index in [1.54, 1.807) is 0 Å². The average Bonchev–Trinajstić information content (AvgIpc) is 1.87. The zero-order valence-electron chi connectivity index (χ0n) is 5.07. The molecule has 2 atom stereocenters. The van der Waals surface area contributed by atoms with Gasteiger partial charge in [-0.15, -0.1) is 0 Å². The van der Waals surface area contributed by atoms with Crippen molar-refractivity contribution >= 4 is 0 Å². The molecular formula is C6H13N. The van der Waals surface area contributed by atoms with Crippen molar-refractivity contribution in [2.45, 2.75) is 38.8 Å². The smallest absolute Gasteiger partial charge is 0.00417 e. The van der Waals surface area contributed by atoms with Gasteiger partial charge in [0.05, 0.1) is 0 Å². The second kappa shape index (κ2) is 1.83. The maximum absolute atomic E-state index is 3.42. The van der Waals surface area contributed by atoms with Crippen molar-refractivity contribution in [1.82, 2.24) is 5.32 Å². The van der Waals surface area contributed by atoms with Crippen LogP contribution in [0.4, 0.5) is 0 Å². The summed E-state index contributed by atoms with van der Waals surface area (Å²) >= 11 is 0. The molecule has 1 N–H and O–H groups in total. The molecule has 1 saturated heterocycles. The van der Waals surface area contributed by atoms with Crippen molar-refractivity contribution in [2.24, 2.45) is 0 Å². The van der Waals surface area contributed by atoms with Crippen LogP contribution in [0.2, 0.25) is 0 Å². The van der Waals surface area contributed by atoms with Gasteiger partial charge in [0.15, 0.2) is 0 Å². The molecule has 1 fully saturated rings. The fraction of sp³-hybridized carbons (Fsp3) is 1.00. The second-order valence-corrected chi connectivity index (χ2v) is 2.55. The fourth-order valence-electron chi connectivity index (χ4n) is 1.15. The van der Waals surface area contributed by atoms with Gasteiger partial charge in [-0.2, -0.15) is 0 Å². The van der Waals surface area contributed by atoms with Crippen LogP contribution in [0.25, 0.3) is 0 Å². The minimum Gasteiger partial charge on any atom is -0.312 e. The summed E-state index contributed by atoms with van der Waals surface area (Å²) in [6.45, 7) is 4.48. The van der Waals surface area contributed by atoms with E-state index in [1.165, 1.54) is 12.8 Å². The van der Waals surface area contributed by atoms with Gasteiger partial charge in [0, 0.05) is 12.1 Å². The summed E-state index contributed by atoms with van der Waals surface area (Å²) in [4.78, 5) is 0. The zero-order valence-corrected chi connectivity index (χ0v) is 5.07. The highest BCUT2D eigenvalue weighted by atomic mass is 15.0. The molecule has 0 aromatic heterocycles. The van der Waals surface area contributed by atoms with Crippen LogP contribution in [-0.2, 0) is 0 Å². The highest BCUT2D eigenvalue weighted by Crippen LogP contribution is 2.09. The highest BCUT2D eigenvalue weighted by molar-refractivity contribution is 4.76. The minimum absolute atomic E-state index is 0.773. The predicted octanol–water partition coefficient (Wildman–Crippen LogP) is 1.15. The molecule has 0 bridgehead atoms. The van der Waals surface area contributed by atoms with E-state index in [9.17, 15) is 0 Å². The molecule has 1 aliphatic heterocycles. The fourth-order valence-corrected chi connectivity index (χ4v) is 1.15. The van der Waals surface area contributed by atoms with Crippen molar-refractivity contribution in [3.05, 3.63) is 0 Å². The summed E-state index contributed by atoms with van der Waals surface area (Å²) in [5.41, 5.74) is 0. The molecule has 0 amide bonds. The maximum Gasteiger partial charge on any atom is 0.00417 e. The van der Waals surface area contributed by atoms with Crippen molar-refractivity contribution in [2.75, 3.05) is 0 Å². The first kappa shape index (κ1) is 5.10. The third kappa shape index (κ3) is 1.16. The lowest BCUT2D eigenvalue weighted by Crippen LogP contribution is -2.23. The first-order chi connectivity index (χ1) is 3.29. The molecule has 1 aliphatic rings. The van der Waals surface area contributed by atoms with Gasteiger partial charge in [0.25, 0.3) is 0 Å². The van der Waals surface area contributed by atoms with Gasteiger partial charge in [-0.05, 0) is 26.7 Å². The van der Waals surface area contributed by atoms with Crippen LogP contribution in [-0.4, -0.2) is 12.1 Å². The Morgan fingerprint density at radius 3 is 1.71 bits per heavy atom. The SMILES string of the molecule is C[C@@H]1CC[C@@H](C)N1. The first-order valence-corrected chi connectivity index (χ1v) is 3.05. The summed E-state index contributed by atoms with van der Waals surface area (Å²) in [6.07, 6.45) is 2.72. The molecule has 0 saturated carbocycles. The molecule has 1 rings (SSSR count). The number of hydrogen-bond acceptors (Lipinski definition) is 1. The normalized spacial score (nSPS) is 42.0. The van der Waals surface area contributed by atoms with E-state index < -0.39 is 0 Å². The monoisotopic (exact) mass is 99.1 g/mol. The summed E-state index contributed by atoms with van der Waals surface area (Å²) in [5.74, 6) is 0. The molecule has 0 spiro atoms. The van der Waals surface area contributed by atoms with Gasteiger partial charge in [0.1, 0.15) is 0 Å². The molecule has 0 aliphatic carbocycles. The van der Waals surface area contributed by atoms with E-state index in [4.69, 9.17) is 0 Å². The molecule has 42 valence electrons. The molecule has 1 nitrogen and oxygen atoms in total. The average molecular weight is 99.2 g/mol. The van der Waals surface area contributed by atoms with Gasteiger partial charge in [0.2, 0.25) is 0 Å². The van der Waals surface area contributed by atoms with Gasteiger partial charge in [-0.1, -0.05) is 0 Å². The van der Waals surface area contributed by atoms with Crippen LogP contribution in [0.3, 0.4) is 0 Å². The predicted molar refractivity (Wildman–Crippen MR) is 31.3 cm³/mol. The molecule has 0 aromatic rings. The Hall–Kier alpha value is -0.0400. The van der Waals surface area contributed by atoms with Gasteiger partial charge in [-0.25, -0.2) is 0 Å². The Morgan fingerprint density at radius 2 is 1.57 bits per heavy atom. The Labute approximate surface area is 45.1 Å². The molecule has 0 unspecified atom stereocenters. The topological polar surface area (TPSA) is 12.0 Å². The van der Waals surface area contributed by atoms with Crippen LogP contribution in [0.5, 0.6) is 0 Å². The molecule has 1 heterocycles. The number of rotatable bonds is 0. The Balaban J connectivity index is 2.26. The Morgan fingerprint density at radius 1 is 1.14 bits per heavy atom. The number of nitrogens with one attached hydrogen (secondary N) is 1. The van der Waals surface area contributed by atoms with Crippen LogP contribution in [0.1, 0.15) is 26.7 Å². The highest BCUT2D eigenvalue weighted by Gasteiger charge is 2.14. The summed E-state index contributed by atoms with van der Waals surface area (Å²) < 4.78 is 0. The Bertz CT molecular complexity index is 53.2. The minimum atomic E-state index is 0.773. The van der Waals surface area contributed by atoms with E-state index in [0.717, 1.165) is 12.1 Å². The first-order valence-electron chi connectivity index (χ1n) is 3.05. The van der Waals surface area contributed by atoms with E-state index in [0.29, 0.717) is 0 Å². The van der Waals surface area contributed by atoms with Gasteiger partial charge in [-0.3, -0.25) is 0 Å². The Kier molecular flexibility index (Phi) is 1.33. The quantitative estimate of drug-likeness (QED) is 0.480. The standard InChI is InChI=1S/C6H13N/c1-5-3-4-6(2)7-5/h5-7H,3-4H2,1-2H3/t5-,6-/m1/s1. The number of hydrogen-bond donors (Lipinski definition) is 1. The lowest BCUT2D eigenvalue weighted by atomic mass is 10.2. The van der Waals surface area contributed by atoms with E-state index in [-0.39, 0.29) is 0 Å². The third-order valence-electron chi connectivity index (χ3n) is 1.60. The van der Waals surface area contributed by atoms with Crippen molar-refractivity contribution in [3.8, 4) is 0 Å². The van der Waals surface area contributed by atoms with Gasteiger partial charge < -0.3 is 5.32 Å². The van der Waals surface area contributed by atoms with E-state index in [1.807, 2.05) is 0 Å². The largest absolute Gasteiger partial charge is 0.312 e. The second-order valence-electron chi connectivity index (χ2n) is 2.55. The molecular weight excluding hydrogens is 86.1 g/mol. The molecule has 1 heteroatoms. The van der Waals surface area contributed by atoms with Crippen molar-refractivity contribution in [3.63, 3.8) is 0 Å². The van der Waals surface area contributed by atoms with Crippen LogP contribution >= 0.6 is 0 Å². The van der Waals surface area contributed by atoms with Crippen LogP contribution in [0, 0.1) is 0 Å². The van der Waals surface area contributed by atoms with Crippen LogP contribution < -0.4 is 5.32 Å². The van der Waals surface area contributed by atoms with E-state index in [2.05, 4.69) is 19.2 Å². The zero-order chi connectivity index (χ0) is 5.28. The molecule has 0 aromatic carbocycles. The van der Waals surface area contributed by atoms with Crippen LogP contribution in [0.15, 0.2) is 0 Å².